The van der Waals surface area contributed by atoms with Crippen molar-refractivity contribution in [3.8, 4) is 33.4 Å². The molecule has 11 rings (SSSR count). The summed E-state index contributed by atoms with van der Waals surface area (Å²) in [4.78, 5) is 2.37. The lowest BCUT2D eigenvalue weighted by Gasteiger charge is -2.36. The van der Waals surface area contributed by atoms with Gasteiger partial charge in [-0.1, -0.05) is 182 Å². The molecule has 0 spiro atoms. The molecule has 0 amide bonds. The average molecular weight is 728 g/mol. The van der Waals surface area contributed by atoms with Gasteiger partial charge in [-0.15, -0.1) is 0 Å². The second-order valence-corrected chi connectivity index (χ2v) is 14.8. The number of para-hydroxylation sites is 3. The lowest BCUT2D eigenvalue weighted by molar-refractivity contribution is 0.670. The van der Waals surface area contributed by atoms with E-state index in [9.17, 15) is 0 Å². The summed E-state index contributed by atoms with van der Waals surface area (Å²) in [6.07, 6.45) is 0. The molecule has 0 aliphatic heterocycles. The molecule has 9 aromatic carbocycles. The molecule has 0 radical (unpaired) electrons. The van der Waals surface area contributed by atoms with E-state index in [1.807, 2.05) is 12.1 Å². The van der Waals surface area contributed by atoms with Crippen molar-refractivity contribution in [3.63, 3.8) is 0 Å². The zero-order valence-corrected chi connectivity index (χ0v) is 31.2. The molecular weight excluding hydrogens is 691 g/mol. The van der Waals surface area contributed by atoms with Gasteiger partial charge in [-0.3, -0.25) is 0 Å². The maximum Gasteiger partial charge on any atom is 0.143 e. The van der Waals surface area contributed by atoms with Crippen LogP contribution in [0, 0.1) is 0 Å². The van der Waals surface area contributed by atoms with E-state index in [4.69, 9.17) is 4.42 Å². The topological polar surface area (TPSA) is 16.4 Å². The Balaban J connectivity index is 1.09. The van der Waals surface area contributed by atoms with E-state index in [1.165, 1.54) is 44.5 Å². The smallest absolute Gasteiger partial charge is 0.143 e. The van der Waals surface area contributed by atoms with Gasteiger partial charge < -0.3 is 9.32 Å². The van der Waals surface area contributed by atoms with E-state index in [-0.39, 0.29) is 0 Å². The van der Waals surface area contributed by atoms with Gasteiger partial charge in [0.15, 0.2) is 0 Å². The number of hydrogen-bond donors (Lipinski definition) is 0. The van der Waals surface area contributed by atoms with Crippen molar-refractivity contribution in [2.24, 2.45) is 0 Å². The molecule has 57 heavy (non-hydrogen) atoms. The summed E-state index contributed by atoms with van der Waals surface area (Å²) in [5.74, 6) is 0. The fraction of sp³-hybridized carbons (Fsp3) is 0.0182. The minimum Gasteiger partial charge on any atom is -0.455 e. The first kappa shape index (κ1) is 33.0. The van der Waals surface area contributed by atoms with Crippen LogP contribution in [-0.4, -0.2) is 0 Å². The third-order valence-electron chi connectivity index (χ3n) is 11.8. The number of benzene rings is 9. The van der Waals surface area contributed by atoms with Gasteiger partial charge in [-0.25, -0.2) is 0 Å². The Kier molecular flexibility index (Phi) is 7.75. The van der Waals surface area contributed by atoms with Crippen molar-refractivity contribution in [2.75, 3.05) is 4.90 Å². The van der Waals surface area contributed by atoms with Crippen LogP contribution in [0.1, 0.15) is 22.3 Å². The molecule has 1 heterocycles. The molecule has 1 aliphatic rings. The maximum atomic E-state index is 6.43. The van der Waals surface area contributed by atoms with Crippen LogP contribution in [0.15, 0.2) is 229 Å². The zero-order chi connectivity index (χ0) is 37.8. The molecule has 0 N–H and O–H groups in total. The summed E-state index contributed by atoms with van der Waals surface area (Å²) in [5, 5.41) is 2.27. The third-order valence-corrected chi connectivity index (χ3v) is 11.8. The summed E-state index contributed by atoms with van der Waals surface area (Å²) in [5.41, 5.74) is 16.8. The van der Waals surface area contributed by atoms with Crippen molar-refractivity contribution < 1.29 is 4.42 Å². The Morgan fingerprint density at radius 2 is 0.860 bits per heavy atom. The highest BCUT2D eigenvalue weighted by Gasteiger charge is 2.47. The van der Waals surface area contributed by atoms with E-state index in [2.05, 4.69) is 217 Å². The molecule has 10 aromatic rings. The van der Waals surface area contributed by atoms with Crippen LogP contribution in [0.4, 0.5) is 17.1 Å². The lowest BCUT2D eigenvalue weighted by Crippen LogP contribution is -2.29. The molecule has 2 heteroatoms. The number of anilines is 3. The van der Waals surface area contributed by atoms with E-state index in [0.29, 0.717) is 0 Å². The standard InChI is InChI=1S/C55H37NO/c1-4-17-38(18-5-1)44-23-10-13-28-50(44)55(40-19-6-2-7-20-40)51-29-14-11-24-46(51)49-37-43(35-36-52(49)55)56(41-21-8-3-9-22-41)42-33-31-39(32-34-42)45-26-16-27-48-47-25-12-15-30-53(47)57-54(45)48/h1-37H. The highest BCUT2D eigenvalue weighted by molar-refractivity contribution is 6.09. The van der Waals surface area contributed by atoms with Crippen LogP contribution >= 0.6 is 0 Å². The molecule has 0 saturated carbocycles. The van der Waals surface area contributed by atoms with Gasteiger partial charge in [0.25, 0.3) is 0 Å². The quantitative estimate of drug-likeness (QED) is 0.163. The second-order valence-electron chi connectivity index (χ2n) is 14.8. The Labute approximate surface area is 332 Å². The van der Waals surface area contributed by atoms with E-state index in [0.717, 1.165) is 50.1 Å². The molecule has 1 aromatic heterocycles. The Bertz CT molecular complexity index is 3060. The minimum absolute atomic E-state index is 0.533. The summed E-state index contributed by atoms with van der Waals surface area (Å²) in [7, 11) is 0. The third kappa shape index (κ3) is 5.18. The molecule has 0 bridgehead atoms. The van der Waals surface area contributed by atoms with Crippen LogP contribution < -0.4 is 4.90 Å². The molecule has 2 nitrogen and oxygen atoms in total. The molecule has 1 aliphatic carbocycles. The fourth-order valence-electron chi connectivity index (χ4n) is 9.32. The largest absolute Gasteiger partial charge is 0.455 e. The average Bonchev–Trinajstić information content (AvgIpc) is 3.82. The van der Waals surface area contributed by atoms with Crippen molar-refractivity contribution in [1.82, 2.24) is 0 Å². The lowest BCUT2D eigenvalue weighted by atomic mass is 9.66. The first-order valence-corrected chi connectivity index (χ1v) is 19.6. The molecule has 0 saturated heterocycles. The van der Waals surface area contributed by atoms with Gasteiger partial charge in [0.2, 0.25) is 0 Å². The van der Waals surface area contributed by atoms with Crippen molar-refractivity contribution >= 4 is 39.0 Å². The van der Waals surface area contributed by atoms with E-state index >= 15 is 0 Å². The second kappa shape index (κ2) is 13.4. The fourth-order valence-corrected chi connectivity index (χ4v) is 9.32. The first-order chi connectivity index (χ1) is 28.3. The summed E-state index contributed by atoms with van der Waals surface area (Å²) < 4.78 is 6.43. The minimum atomic E-state index is -0.533. The zero-order valence-electron chi connectivity index (χ0n) is 31.2. The maximum absolute atomic E-state index is 6.43. The van der Waals surface area contributed by atoms with E-state index in [1.54, 1.807) is 0 Å². The molecule has 0 fully saturated rings. The predicted molar refractivity (Wildman–Crippen MR) is 237 cm³/mol. The SMILES string of the molecule is c1ccc(-c2ccccc2C2(c3ccccc3)c3ccccc3-c3cc(N(c4ccccc4)c4ccc(-c5cccc6c5oc5ccccc56)cc4)ccc32)cc1. The van der Waals surface area contributed by atoms with Crippen LogP contribution in [0.25, 0.3) is 55.3 Å². The number of nitrogens with zero attached hydrogens (tertiary/aromatic N) is 1. The molecular formula is C55H37NO. The van der Waals surface area contributed by atoms with Crippen molar-refractivity contribution in [3.05, 3.63) is 247 Å². The Hall–Kier alpha value is -7.42. The number of rotatable bonds is 7. The molecule has 1 unspecified atom stereocenters. The Morgan fingerprint density at radius 1 is 0.333 bits per heavy atom. The summed E-state index contributed by atoms with van der Waals surface area (Å²) in [6.45, 7) is 0. The van der Waals surface area contributed by atoms with Crippen LogP contribution in [-0.2, 0) is 5.41 Å². The van der Waals surface area contributed by atoms with Crippen LogP contribution in [0.3, 0.4) is 0 Å². The highest BCUT2D eigenvalue weighted by Crippen LogP contribution is 2.58. The first-order valence-electron chi connectivity index (χ1n) is 19.6. The van der Waals surface area contributed by atoms with E-state index < -0.39 is 5.41 Å². The van der Waals surface area contributed by atoms with Crippen LogP contribution in [0.2, 0.25) is 0 Å². The summed E-state index contributed by atoms with van der Waals surface area (Å²) in [6, 6.07) is 81.2. The van der Waals surface area contributed by atoms with Gasteiger partial charge in [0.05, 0.1) is 5.41 Å². The predicted octanol–water partition coefficient (Wildman–Crippen LogP) is 14.8. The molecule has 1 atom stereocenters. The van der Waals surface area contributed by atoms with Gasteiger partial charge in [-0.2, -0.15) is 0 Å². The van der Waals surface area contributed by atoms with Crippen molar-refractivity contribution in [1.29, 1.82) is 0 Å². The number of furan rings is 1. The Morgan fingerprint density at radius 3 is 1.63 bits per heavy atom. The van der Waals surface area contributed by atoms with Gasteiger partial charge >= 0.3 is 0 Å². The molecule has 268 valence electrons. The van der Waals surface area contributed by atoms with Gasteiger partial charge in [0.1, 0.15) is 11.2 Å². The normalized spacial score (nSPS) is 14.4. The summed E-state index contributed by atoms with van der Waals surface area (Å²) >= 11 is 0. The van der Waals surface area contributed by atoms with Gasteiger partial charge in [-0.05, 0) is 92.5 Å². The number of hydrogen-bond acceptors (Lipinski definition) is 2. The van der Waals surface area contributed by atoms with Crippen molar-refractivity contribution in [2.45, 2.75) is 5.41 Å². The number of fused-ring (bicyclic) bond motifs is 6. The van der Waals surface area contributed by atoms with Gasteiger partial charge in [0, 0.05) is 33.4 Å². The highest BCUT2D eigenvalue weighted by atomic mass is 16.3. The van der Waals surface area contributed by atoms with Crippen LogP contribution in [0.5, 0.6) is 0 Å². The monoisotopic (exact) mass is 727 g/mol.